The summed E-state index contributed by atoms with van der Waals surface area (Å²) in [5, 5.41) is 14.8. The molecule has 11 heteroatoms. The fourth-order valence-corrected chi connectivity index (χ4v) is 6.40. The van der Waals surface area contributed by atoms with Gasteiger partial charge in [0.1, 0.15) is 17.3 Å². The molecule has 2 aliphatic rings. The standard InChI is InChI=1S/C31H30F4N4O3/c1-30(29(41)31(33,34)35)11-4-12-39(30)28(40)25-17-22(18-5-7-20(32)8-6-18)27-21-16-23(24-10-13-37(2)36-24)26(42-3)15-19(21)9-14-38(25)27/h5-8,10,13,15-17,29,41H,4,9,11-12,14H2,1-3H3/t29-,30+/m1/s1. The van der Waals surface area contributed by atoms with Gasteiger partial charge >= 0.3 is 6.18 Å². The molecular formula is C31H30F4N4O3. The maximum atomic E-state index is 14.1. The monoisotopic (exact) mass is 582 g/mol. The highest BCUT2D eigenvalue weighted by molar-refractivity contribution is 5.99. The Labute approximate surface area is 239 Å². The fourth-order valence-electron chi connectivity index (χ4n) is 6.40. The van der Waals surface area contributed by atoms with Crippen molar-refractivity contribution in [3.8, 4) is 39.4 Å². The maximum Gasteiger partial charge on any atom is 0.416 e. The van der Waals surface area contributed by atoms with E-state index in [-0.39, 0.29) is 18.7 Å². The summed E-state index contributed by atoms with van der Waals surface area (Å²) in [6.07, 6.45) is -4.84. The Morgan fingerprint density at radius 1 is 1.07 bits per heavy atom. The number of fused-ring (bicyclic) bond motifs is 3. The SMILES string of the molecule is COc1cc2c(cc1-c1ccn(C)n1)-c1c(-c3ccc(F)cc3)cc(C(=O)N3CCC[C@@]3(C)[C@@H](O)C(F)(F)F)n1CC2. The minimum Gasteiger partial charge on any atom is -0.496 e. The summed E-state index contributed by atoms with van der Waals surface area (Å²) in [6.45, 7) is 1.77. The number of methoxy groups -OCH3 is 1. The average molecular weight is 583 g/mol. The number of likely N-dealkylation sites (tertiary alicyclic amines) is 1. The summed E-state index contributed by atoms with van der Waals surface area (Å²) in [7, 11) is 3.40. The second kappa shape index (κ2) is 10.0. The lowest BCUT2D eigenvalue weighted by atomic mass is 9.90. The Balaban J connectivity index is 1.54. The summed E-state index contributed by atoms with van der Waals surface area (Å²) in [6, 6.07) is 13.3. The van der Waals surface area contributed by atoms with Gasteiger partial charge in [0.05, 0.1) is 24.0 Å². The first-order chi connectivity index (χ1) is 19.9. The molecule has 0 spiro atoms. The number of halogens is 4. The predicted octanol–water partition coefficient (Wildman–Crippen LogP) is 5.84. The van der Waals surface area contributed by atoms with Crippen LogP contribution in [0.25, 0.3) is 33.6 Å². The van der Waals surface area contributed by atoms with E-state index in [2.05, 4.69) is 5.10 Å². The van der Waals surface area contributed by atoms with E-state index in [0.717, 1.165) is 21.6 Å². The van der Waals surface area contributed by atoms with Crippen LogP contribution >= 0.6 is 0 Å². The molecule has 6 rings (SSSR count). The van der Waals surface area contributed by atoms with Crippen LogP contribution in [0.3, 0.4) is 0 Å². The molecule has 2 aromatic heterocycles. The van der Waals surface area contributed by atoms with E-state index in [1.54, 1.807) is 30.0 Å². The number of ether oxygens (including phenoxy) is 1. The van der Waals surface area contributed by atoms with E-state index in [0.29, 0.717) is 47.7 Å². The first kappa shape index (κ1) is 28.0. The highest BCUT2D eigenvalue weighted by Crippen LogP contribution is 2.46. The van der Waals surface area contributed by atoms with Crippen LogP contribution in [0.4, 0.5) is 17.6 Å². The van der Waals surface area contributed by atoms with Crippen LogP contribution in [0, 0.1) is 5.82 Å². The smallest absolute Gasteiger partial charge is 0.416 e. The molecule has 4 aromatic rings. The third-order valence-corrected chi connectivity index (χ3v) is 8.57. The van der Waals surface area contributed by atoms with Crippen molar-refractivity contribution < 1.29 is 32.2 Å². The van der Waals surface area contributed by atoms with Crippen LogP contribution in [0.2, 0.25) is 0 Å². The van der Waals surface area contributed by atoms with Gasteiger partial charge in [0.25, 0.3) is 5.91 Å². The molecule has 1 fully saturated rings. The summed E-state index contributed by atoms with van der Waals surface area (Å²) in [5.74, 6) is -0.365. The molecule has 1 saturated heterocycles. The zero-order valence-electron chi connectivity index (χ0n) is 23.4. The number of aliphatic hydroxyl groups is 1. The molecule has 1 amide bonds. The van der Waals surface area contributed by atoms with Crippen molar-refractivity contribution in [2.24, 2.45) is 7.05 Å². The lowest BCUT2D eigenvalue weighted by Crippen LogP contribution is -2.58. The van der Waals surface area contributed by atoms with Gasteiger partial charge < -0.3 is 19.3 Å². The van der Waals surface area contributed by atoms with Gasteiger partial charge in [-0.05, 0) is 73.7 Å². The number of carbonyl (C=O) groups excluding carboxylic acids is 1. The van der Waals surface area contributed by atoms with Gasteiger partial charge in [-0.15, -0.1) is 0 Å². The molecule has 0 bridgehead atoms. The minimum absolute atomic E-state index is 0.0217. The Morgan fingerprint density at radius 2 is 1.81 bits per heavy atom. The number of alkyl halides is 3. The lowest BCUT2D eigenvalue weighted by Gasteiger charge is -2.40. The minimum atomic E-state index is -4.88. The van der Waals surface area contributed by atoms with Crippen molar-refractivity contribution in [2.75, 3.05) is 13.7 Å². The highest BCUT2D eigenvalue weighted by Gasteiger charge is 2.56. The van der Waals surface area contributed by atoms with Crippen LogP contribution in [0.15, 0.2) is 54.7 Å². The van der Waals surface area contributed by atoms with Gasteiger partial charge in [-0.1, -0.05) is 12.1 Å². The third-order valence-electron chi connectivity index (χ3n) is 8.57. The van der Waals surface area contributed by atoms with Crippen molar-refractivity contribution in [2.45, 2.75) is 50.6 Å². The molecule has 0 saturated carbocycles. The van der Waals surface area contributed by atoms with Crippen molar-refractivity contribution in [3.05, 3.63) is 71.8 Å². The molecule has 2 atom stereocenters. The van der Waals surface area contributed by atoms with Gasteiger partial charge in [0.15, 0.2) is 6.10 Å². The van der Waals surface area contributed by atoms with E-state index in [9.17, 15) is 27.5 Å². The van der Waals surface area contributed by atoms with Gasteiger partial charge in [-0.3, -0.25) is 9.48 Å². The molecular weight excluding hydrogens is 552 g/mol. The van der Waals surface area contributed by atoms with Gasteiger partial charge in [-0.25, -0.2) is 4.39 Å². The molecule has 0 unspecified atom stereocenters. The predicted molar refractivity (Wildman–Crippen MR) is 148 cm³/mol. The number of hydrogen-bond donors (Lipinski definition) is 1. The van der Waals surface area contributed by atoms with Crippen molar-refractivity contribution in [3.63, 3.8) is 0 Å². The number of carbonyl (C=O) groups is 1. The Morgan fingerprint density at radius 3 is 2.45 bits per heavy atom. The lowest BCUT2D eigenvalue weighted by molar-refractivity contribution is -0.232. The van der Waals surface area contributed by atoms with Crippen LogP contribution in [0.1, 0.15) is 35.8 Å². The molecule has 2 aromatic carbocycles. The average Bonchev–Trinajstić information content (AvgIpc) is 3.68. The van der Waals surface area contributed by atoms with Gasteiger partial charge in [0.2, 0.25) is 0 Å². The van der Waals surface area contributed by atoms with E-state index < -0.39 is 29.5 Å². The molecule has 7 nitrogen and oxygen atoms in total. The molecule has 0 aliphatic carbocycles. The summed E-state index contributed by atoms with van der Waals surface area (Å²) in [5.41, 5.74) is 3.63. The van der Waals surface area contributed by atoms with E-state index in [1.165, 1.54) is 19.1 Å². The number of aliphatic hydroxyl groups excluding tert-OH is 1. The summed E-state index contributed by atoms with van der Waals surface area (Å²) < 4.78 is 64.2. The molecule has 1 N–H and O–H groups in total. The topological polar surface area (TPSA) is 72.5 Å². The van der Waals surface area contributed by atoms with Crippen LogP contribution in [-0.2, 0) is 20.0 Å². The fraction of sp³-hybridized carbons (Fsp3) is 0.355. The van der Waals surface area contributed by atoms with Crippen LogP contribution in [-0.4, -0.2) is 61.7 Å². The van der Waals surface area contributed by atoms with Gasteiger partial charge in [0, 0.05) is 43.0 Å². The first-order valence-corrected chi connectivity index (χ1v) is 13.7. The number of aromatic nitrogens is 3. The number of nitrogens with zero attached hydrogens (tertiary/aromatic N) is 4. The van der Waals surface area contributed by atoms with E-state index >= 15 is 0 Å². The van der Waals surface area contributed by atoms with E-state index in [1.807, 2.05) is 36.0 Å². The molecule has 4 heterocycles. The quantitative estimate of drug-likeness (QED) is 0.300. The third kappa shape index (κ3) is 4.46. The Kier molecular flexibility index (Phi) is 6.68. The van der Waals surface area contributed by atoms with Crippen LogP contribution in [0.5, 0.6) is 5.75 Å². The molecule has 0 radical (unpaired) electrons. The number of amides is 1. The number of rotatable bonds is 5. The Hall–Kier alpha value is -4.12. The largest absolute Gasteiger partial charge is 0.496 e. The summed E-state index contributed by atoms with van der Waals surface area (Å²) >= 11 is 0. The normalized spacial score (nSPS) is 19.0. The van der Waals surface area contributed by atoms with Crippen molar-refractivity contribution in [1.82, 2.24) is 19.2 Å². The number of aryl methyl sites for hydroxylation is 2. The second-order valence-corrected chi connectivity index (χ2v) is 11.1. The van der Waals surface area contributed by atoms with E-state index in [4.69, 9.17) is 4.74 Å². The molecule has 42 heavy (non-hydrogen) atoms. The zero-order valence-corrected chi connectivity index (χ0v) is 23.4. The highest BCUT2D eigenvalue weighted by atomic mass is 19.4. The molecule has 2 aliphatic heterocycles. The number of benzene rings is 2. The maximum absolute atomic E-state index is 14.1. The Bertz CT molecular complexity index is 1670. The van der Waals surface area contributed by atoms with Crippen molar-refractivity contribution in [1.29, 1.82) is 0 Å². The van der Waals surface area contributed by atoms with Gasteiger partial charge in [-0.2, -0.15) is 18.3 Å². The van der Waals surface area contributed by atoms with Crippen molar-refractivity contribution >= 4 is 5.91 Å². The first-order valence-electron chi connectivity index (χ1n) is 13.7. The molecule has 220 valence electrons. The zero-order chi connectivity index (χ0) is 30.0. The number of hydrogen-bond acceptors (Lipinski definition) is 4. The summed E-state index contributed by atoms with van der Waals surface area (Å²) in [4.78, 5) is 15.3. The van der Waals surface area contributed by atoms with Crippen LogP contribution < -0.4 is 4.74 Å². The second-order valence-electron chi connectivity index (χ2n) is 11.1.